The Kier molecular flexibility index (Phi) is 3.66. The molecule has 17 heavy (non-hydrogen) atoms. The van der Waals surface area contributed by atoms with Crippen molar-refractivity contribution in [3.05, 3.63) is 17.8 Å². The van der Waals surface area contributed by atoms with Gasteiger partial charge < -0.3 is 4.74 Å². The number of nitrogens with zero attached hydrogens (tertiary/aromatic N) is 2. The van der Waals surface area contributed by atoms with Crippen LogP contribution in [-0.4, -0.2) is 29.0 Å². The third kappa shape index (κ3) is 3.43. The van der Waals surface area contributed by atoms with Gasteiger partial charge in [-0.25, -0.2) is 0 Å². The predicted molar refractivity (Wildman–Crippen MR) is 65.8 cm³/mol. The molecule has 0 saturated heterocycles. The summed E-state index contributed by atoms with van der Waals surface area (Å²) in [7, 11) is 1.44. The lowest BCUT2D eigenvalue weighted by Crippen LogP contribution is -2.13. The number of methoxy groups -OCH3 is 1. The molecule has 1 saturated carbocycles. The molecule has 92 valence electrons. The number of carbonyl (C=O) groups is 1. The van der Waals surface area contributed by atoms with E-state index in [2.05, 4.69) is 10.2 Å². The third-order valence-electron chi connectivity index (χ3n) is 3.00. The molecule has 0 radical (unpaired) electrons. The summed E-state index contributed by atoms with van der Waals surface area (Å²) in [4.78, 5) is 11.3. The number of carbonyl (C=O) groups excluding carboxylic acids is 1. The second-order valence-electron chi connectivity index (χ2n) is 4.55. The van der Waals surface area contributed by atoms with Gasteiger partial charge in [-0.15, -0.1) is 16.9 Å². The lowest BCUT2D eigenvalue weighted by atomic mass is 10.1. The molecule has 0 aromatic carbocycles. The standard InChI is InChI=1S/C12H16N2O2S/c1-9-3-4-10(14-13-9)17-8-12(5-6-12)7-11(15)16-2/h3-4H,5-8H2,1-2H3. The molecule has 0 bridgehead atoms. The molecule has 1 fully saturated rings. The first-order valence-corrected chi connectivity index (χ1v) is 6.62. The van der Waals surface area contributed by atoms with Gasteiger partial charge in [0.1, 0.15) is 5.03 Å². The number of aryl methyl sites for hydroxylation is 1. The van der Waals surface area contributed by atoms with Crippen LogP contribution in [0, 0.1) is 12.3 Å². The molecule has 1 aromatic heterocycles. The van der Waals surface area contributed by atoms with Crippen LogP contribution in [0.2, 0.25) is 0 Å². The van der Waals surface area contributed by atoms with Gasteiger partial charge in [0.05, 0.1) is 19.2 Å². The Morgan fingerprint density at radius 2 is 2.24 bits per heavy atom. The molecule has 0 aliphatic heterocycles. The largest absolute Gasteiger partial charge is 0.469 e. The van der Waals surface area contributed by atoms with Gasteiger partial charge in [0.15, 0.2) is 0 Å². The van der Waals surface area contributed by atoms with Crippen molar-refractivity contribution >= 4 is 17.7 Å². The summed E-state index contributed by atoms with van der Waals surface area (Å²) in [5.41, 5.74) is 1.06. The molecule has 1 aliphatic carbocycles. The highest BCUT2D eigenvalue weighted by molar-refractivity contribution is 7.99. The number of aromatic nitrogens is 2. The molecule has 1 heterocycles. The summed E-state index contributed by atoms with van der Waals surface area (Å²) in [5.74, 6) is 0.804. The number of esters is 1. The molecule has 0 amide bonds. The van der Waals surface area contributed by atoms with E-state index in [0.717, 1.165) is 29.3 Å². The van der Waals surface area contributed by atoms with Crippen LogP contribution in [0.5, 0.6) is 0 Å². The SMILES string of the molecule is COC(=O)CC1(CSc2ccc(C)nn2)CC1. The van der Waals surface area contributed by atoms with Gasteiger partial charge in [0.25, 0.3) is 0 Å². The second-order valence-corrected chi connectivity index (χ2v) is 5.55. The van der Waals surface area contributed by atoms with Crippen molar-refractivity contribution in [1.29, 1.82) is 0 Å². The monoisotopic (exact) mass is 252 g/mol. The Labute approximate surface area is 105 Å². The summed E-state index contributed by atoms with van der Waals surface area (Å²) in [6.07, 6.45) is 2.73. The van der Waals surface area contributed by atoms with Crippen molar-refractivity contribution in [2.75, 3.05) is 12.9 Å². The molecule has 0 spiro atoms. The fourth-order valence-corrected chi connectivity index (χ4v) is 2.73. The van der Waals surface area contributed by atoms with Crippen LogP contribution in [0.1, 0.15) is 25.0 Å². The Morgan fingerprint density at radius 1 is 1.47 bits per heavy atom. The van der Waals surface area contributed by atoms with E-state index in [4.69, 9.17) is 4.74 Å². The molecule has 0 atom stereocenters. The van der Waals surface area contributed by atoms with E-state index in [0.29, 0.717) is 6.42 Å². The molecule has 2 rings (SSSR count). The summed E-state index contributed by atoms with van der Waals surface area (Å²) in [6.45, 7) is 1.92. The average molecular weight is 252 g/mol. The molecule has 4 nitrogen and oxygen atoms in total. The van der Waals surface area contributed by atoms with Crippen molar-refractivity contribution in [3.8, 4) is 0 Å². The van der Waals surface area contributed by atoms with Crippen molar-refractivity contribution in [3.63, 3.8) is 0 Å². The first-order chi connectivity index (χ1) is 8.13. The van der Waals surface area contributed by atoms with Gasteiger partial charge in [-0.1, -0.05) is 0 Å². The van der Waals surface area contributed by atoms with E-state index in [1.54, 1.807) is 11.8 Å². The Bertz CT molecular complexity index is 401. The van der Waals surface area contributed by atoms with Crippen molar-refractivity contribution < 1.29 is 9.53 Å². The van der Waals surface area contributed by atoms with E-state index >= 15 is 0 Å². The van der Waals surface area contributed by atoms with Gasteiger partial charge in [0.2, 0.25) is 0 Å². The van der Waals surface area contributed by atoms with E-state index in [1.165, 1.54) is 7.11 Å². The van der Waals surface area contributed by atoms with Crippen LogP contribution in [0.3, 0.4) is 0 Å². The molecule has 1 aliphatic rings. The van der Waals surface area contributed by atoms with Crippen molar-refractivity contribution in [2.45, 2.75) is 31.2 Å². The molecule has 0 N–H and O–H groups in total. The zero-order chi connectivity index (χ0) is 12.3. The quantitative estimate of drug-likeness (QED) is 0.594. The van der Waals surface area contributed by atoms with Gasteiger partial charge in [-0.05, 0) is 37.3 Å². The zero-order valence-electron chi connectivity index (χ0n) is 10.1. The van der Waals surface area contributed by atoms with E-state index < -0.39 is 0 Å². The zero-order valence-corrected chi connectivity index (χ0v) is 10.9. The second kappa shape index (κ2) is 5.04. The lowest BCUT2D eigenvalue weighted by molar-refractivity contribution is -0.141. The van der Waals surface area contributed by atoms with E-state index in [9.17, 15) is 4.79 Å². The fraction of sp³-hybridized carbons (Fsp3) is 0.583. The van der Waals surface area contributed by atoms with Crippen LogP contribution in [0.25, 0.3) is 0 Å². The van der Waals surface area contributed by atoms with Gasteiger partial charge in [0, 0.05) is 5.75 Å². The van der Waals surface area contributed by atoms with Crippen molar-refractivity contribution in [2.24, 2.45) is 5.41 Å². The summed E-state index contributed by atoms with van der Waals surface area (Å²) in [6, 6.07) is 3.93. The fourth-order valence-electron chi connectivity index (χ4n) is 1.62. The minimum atomic E-state index is -0.113. The van der Waals surface area contributed by atoms with Crippen LogP contribution in [-0.2, 0) is 9.53 Å². The van der Waals surface area contributed by atoms with Gasteiger partial charge in [-0.2, -0.15) is 5.10 Å². The normalized spacial score (nSPS) is 16.6. The van der Waals surface area contributed by atoms with E-state index in [1.807, 2.05) is 19.1 Å². The smallest absolute Gasteiger partial charge is 0.306 e. The van der Waals surface area contributed by atoms with Crippen LogP contribution >= 0.6 is 11.8 Å². The number of rotatable bonds is 5. The van der Waals surface area contributed by atoms with Crippen LogP contribution < -0.4 is 0 Å². The van der Waals surface area contributed by atoms with Crippen LogP contribution in [0.4, 0.5) is 0 Å². The molecule has 1 aromatic rings. The summed E-state index contributed by atoms with van der Waals surface area (Å²) in [5, 5.41) is 9.04. The maximum Gasteiger partial charge on any atom is 0.306 e. The minimum Gasteiger partial charge on any atom is -0.469 e. The number of hydrogen-bond acceptors (Lipinski definition) is 5. The molecule has 5 heteroatoms. The first kappa shape index (κ1) is 12.4. The maximum atomic E-state index is 11.3. The van der Waals surface area contributed by atoms with Gasteiger partial charge >= 0.3 is 5.97 Å². The Balaban J connectivity index is 1.85. The lowest BCUT2D eigenvalue weighted by Gasteiger charge is -2.12. The van der Waals surface area contributed by atoms with E-state index in [-0.39, 0.29) is 11.4 Å². The number of thioether (sulfide) groups is 1. The number of hydrogen-bond donors (Lipinski definition) is 0. The van der Waals surface area contributed by atoms with Crippen LogP contribution in [0.15, 0.2) is 17.2 Å². The average Bonchev–Trinajstić information content (AvgIpc) is 3.09. The highest BCUT2D eigenvalue weighted by atomic mass is 32.2. The highest BCUT2D eigenvalue weighted by Gasteiger charge is 2.44. The maximum absolute atomic E-state index is 11.3. The summed E-state index contributed by atoms with van der Waals surface area (Å²) >= 11 is 1.67. The molecule has 0 unspecified atom stereocenters. The Hall–Kier alpha value is -1.10. The third-order valence-corrected chi connectivity index (χ3v) is 4.27. The molecular weight excluding hydrogens is 236 g/mol. The topological polar surface area (TPSA) is 52.1 Å². The number of ether oxygens (including phenoxy) is 1. The minimum absolute atomic E-state index is 0.113. The Morgan fingerprint density at radius 3 is 2.76 bits per heavy atom. The predicted octanol–water partition coefficient (Wildman–Crippen LogP) is 2.22. The summed E-state index contributed by atoms with van der Waals surface area (Å²) < 4.78 is 4.72. The highest BCUT2D eigenvalue weighted by Crippen LogP contribution is 2.51. The molecular formula is C12H16N2O2S. The van der Waals surface area contributed by atoms with Crippen molar-refractivity contribution in [1.82, 2.24) is 10.2 Å². The first-order valence-electron chi connectivity index (χ1n) is 5.63. The van der Waals surface area contributed by atoms with Gasteiger partial charge in [-0.3, -0.25) is 4.79 Å².